The van der Waals surface area contributed by atoms with Crippen LogP contribution in [0, 0.1) is 6.92 Å². The molecule has 0 fully saturated rings. The lowest BCUT2D eigenvalue weighted by atomic mass is 10.1. The van der Waals surface area contributed by atoms with Crippen molar-refractivity contribution in [1.82, 2.24) is 5.32 Å². The summed E-state index contributed by atoms with van der Waals surface area (Å²) >= 11 is 0. The molecule has 0 aliphatic rings. The first kappa shape index (κ1) is 21.6. The topological polar surface area (TPSA) is 93.8 Å². The highest BCUT2D eigenvalue weighted by Crippen LogP contribution is 2.07. The van der Waals surface area contributed by atoms with E-state index in [4.69, 9.17) is 10.5 Å². The molecule has 0 radical (unpaired) electrons. The molecule has 24 heavy (non-hydrogen) atoms. The van der Waals surface area contributed by atoms with Crippen LogP contribution >= 0.6 is 0 Å². The Morgan fingerprint density at radius 2 is 1.83 bits per heavy atom. The van der Waals surface area contributed by atoms with Crippen molar-refractivity contribution in [2.24, 2.45) is 10.7 Å². The summed E-state index contributed by atoms with van der Waals surface area (Å²) in [5.74, 6) is -0.420. The maximum Gasteiger partial charge on any atom is 0.408 e. The quantitative estimate of drug-likeness (QED) is 0.655. The number of benzene rings is 1. The van der Waals surface area contributed by atoms with Crippen LogP contribution in [0.4, 0.5) is 4.79 Å². The predicted molar refractivity (Wildman–Crippen MR) is 97.1 cm³/mol. The summed E-state index contributed by atoms with van der Waals surface area (Å²) in [6, 6.07) is 6.53. The van der Waals surface area contributed by atoms with Crippen molar-refractivity contribution < 1.29 is 14.3 Å². The lowest BCUT2D eigenvalue weighted by Gasteiger charge is -2.21. The normalized spacial score (nSPS) is 12.5. The largest absolute Gasteiger partial charge is 0.444 e. The summed E-state index contributed by atoms with van der Waals surface area (Å²) in [5.41, 5.74) is 6.87. The fourth-order valence-corrected chi connectivity index (χ4v) is 1.63. The molecule has 1 unspecified atom stereocenters. The molecule has 1 aromatic carbocycles. The second-order valence-electron chi connectivity index (χ2n) is 6.07. The van der Waals surface area contributed by atoms with Gasteiger partial charge >= 0.3 is 6.09 Å². The van der Waals surface area contributed by atoms with E-state index in [0.717, 1.165) is 5.56 Å². The molecule has 0 spiro atoms. The molecular formula is C18H29N3O3. The van der Waals surface area contributed by atoms with Crippen LogP contribution in [-0.4, -0.2) is 29.5 Å². The lowest BCUT2D eigenvalue weighted by molar-refractivity contribution is -0.119. The number of carbonyl (C=O) groups excluding carboxylic acids is 2. The predicted octanol–water partition coefficient (Wildman–Crippen LogP) is 3.17. The van der Waals surface area contributed by atoms with Gasteiger partial charge in [0.2, 0.25) is 0 Å². The van der Waals surface area contributed by atoms with Crippen LogP contribution in [0.1, 0.15) is 52.7 Å². The number of carbonyl (C=O) groups is 2. The number of hydrogen-bond acceptors (Lipinski definition) is 3. The van der Waals surface area contributed by atoms with E-state index in [2.05, 4.69) is 10.3 Å². The average molecular weight is 335 g/mol. The maximum atomic E-state index is 12.0. The van der Waals surface area contributed by atoms with E-state index in [1.165, 1.54) is 6.92 Å². The van der Waals surface area contributed by atoms with Gasteiger partial charge in [-0.05, 0) is 40.7 Å². The summed E-state index contributed by atoms with van der Waals surface area (Å²) in [4.78, 5) is 27.4. The summed E-state index contributed by atoms with van der Waals surface area (Å²) in [6.07, 6.45) is -0.669. The zero-order valence-corrected chi connectivity index (χ0v) is 15.6. The van der Waals surface area contributed by atoms with E-state index in [9.17, 15) is 9.59 Å². The van der Waals surface area contributed by atoms with Crippen molar-refractivity contribution in [2.45, 2.75) is 60.1 Å². The Morgan fingerprint density at radius 3 is 2.33 bits per heavy atom. The van der Waals surface area contributed by atoms with Gasteiger partial charge in [0.15, 0.2) is 0 Å². The fourth-order valence-electron chi connectivity index (χ4n) is 1.63. The number of ether oxygens (including phenoxy) is 1. The van der Waals surface area contributed by atoms with Gasteiger partial charge < -0.3 is 15.8 Å². The van der Waals surface area contributed by atoms with Crippen LogP contribution in [-0.2, 0) is 9.53 Å². The molecule has 0 saturated carbocycles. The molecule has 134 valence electrons. The number of amidine groups is 1. The van der Waals surface area contributed by atoms with E-state index >= 15 is 0 Å². The summed E-state index contributed by atoms with van der Waals surface area (Å²) in [7, 11) is 0. The van der Waals surface area contributed by atoms with Crippen LogP contribution in [0.5, 0.6) is 0 Å². The third kappa shape index (κ3) is 8.31. The zero-order chi connectivity index (χ0) is 18.9. The van der Waals surface area contributed by atoms with Gasteiger partial charge in [-0.25, -0.2) is 4.79 Å². The molecule has 1 atom stereocenters. The molecule has 0 aliphatic carbocycles. The molecule has 2 amide bonds. The Labute approximate surface area is 144 Å². The smallest absolute Gasteiger partial charge is 0.408 e. The summed E-state index contributed by atoms with van der Waals surface area (Å²) < 4.78 is 5.08. The molecule has 6 nitrogen and oxygen atoms in total. The van der Waals surface area contributed by atoms with E-state index in [-0.39, 0.29) is 5.84 Å². The van der Waals surface area contributed by atoms with Crippen molar-refractivity contribution in [2.75, 3.05) is 0 Å². The van der Waals surface area contributed by atoms with Gasteiger partial charge in [-0.1, -0.05) is 37.6 Å². The highest BCUT2D eigenvalue weighted by atomic mass is 16.6. The van der Waals surface area contributed by atoms with Crippen LogP contribution < -0.4 is 11.1 Å². The molecular weight excluding hydrogens is 306 g/mol. The van der Waals surface area contributed by atoms with Gasteiger partial charge in [-0.2, -0.15) is 4.99 Å². The second kappa shape index (κ2) is 9.70. The third-order valence-corrected chi connectivity index (χ3v) is 2.65. The molecule has 1 aromatic rings. The van der Waals surface area contributed by atoms with Crippen molar-refractivity contribution in [3.63, 3.8) is 0 Å². The number of hydrogen-bond donors (Lipinski definition) is 2. The first-order valence-electron chi connectivity index (χ1n) is 8.03. The monoisotopic (exact) mass is 335 g/mol. The fraction of sp³-hybridized carbons (Fsp3) is 0.500. The first-order chi connectivity index (χ1) is 11.1. The second-order valence-corrected chi connectivity index (χ2v) is 6.07. The summed E-state index contributed by atoms with van der Waals surface area (Å²) in [6.45, 7) is 12.7. The van der Waals surface area contributed by atoms with Gasteiger partial charge in [0.05, 0.1) is 0 Å². The van der Waals surface area contributed by atoms with Crippen molar-refractivity contribution in [3.8, 4) is 0 Å². The van der Waals surface area contributed by atoms with Gasteiger partial charge in [0.1, 0.15) is 17.5 Å². The van der Waals surface area contributed by atoms with Gasteiger partial charge in [-0.15, -0.1) is 0 Å². The minimum Gasteiger partial charge on any atom is -0.444 e. The number of nitrogens with two attached hydrogens (primary N) is 1. The highest BCUT2D eigenvalue weighted by Gasteiger charge is 2.21. The van der Waals surface area contributed by atoms with E-state index < -0.39 is 23.6 Å². The Balaban J connectivity index is 0.00000254. The zero-order valence-electron chi connectivity index (χ0n) is 15.6. The molecule has 6 heteroatoms. The Morgan fingerprint density at radius 1 is 1.25 bits per heavy atom. The van der Waals surface area contributed by atoms with Crippen LogP contribution in [0.25, 0.3) is 0 Å². The highest BCUT2D eigenvalue weighted by molar-refractivity contribution is 6.05. The number of nitrogens with one attached hydrogen (secondary N) is 1. The number of nitrogens with zero attached hydrogens (tertiary/aromatic N) is 1. The number of rotatable bonds is 3. The summed E-state index contributed by atoms with van der Waals surface area (Å²) in [5, 5.41) is 2.43. The number of amides is 2. The Kier molecular flexibility index (Phi) is 8.74. The first-order valence-corrected chi connectivity index (χ1v) is 8.03. The average Bonchev–Trinajstić information content (AvgIpc) is 2.47. The van der Waals surface area contributed by atoms with Gasteiger partial charge in [0, 0.05) is 5.56 Å². The van der Waals surface area contributed by atoms with E-state index in [0.29, 0.717) is 5.56 Å². The minimum absolute atomic E-state index is 0.117. The minimum atomic E-state index is -0.821. The molecule has 0 bridgehead atoms. The van der Waals surface area contributed by atoms with Crippen molar-refractivity contribution >= 4 is 17.8 Å². The Bertz CT molecular complexity index is 589. The number of aryl methyl sites for hydroxylation is 1. The molecule has 0 aliphatic heterocycles. The molecule has 0 saturated heterocycles. The third-order valence-electron chi connectivity index (χ3n) is 2.65. The molecule has 1 rings (SSSR count). The van der Waals surface area contributed by atoms with E-state index in [1.54, 1.807) is 26.8 Å². The lowest BCUT2D eigenvalue weighted by Crippen LogP contribution is -2.41. The molecule has 3 N–H and O–H groups in total. The standard InChI is InChI=1S/C16H23N3O3.C2H6/c1-10-7-6-8-12(9-10)13(17)19-14(20)11(2)18-15(21)22-16(3,4)5;1-2/h6-9,11H,1-5H3,(H,18,21)(H2,17,19,20);1-2H3. The number of aliphatic imine (C=N–C) groups is 1. The molecule has 0 aromatic heterocycles. The molecule has 0 heterocycles. The van der Waals surface area contributed by atoms with E-state index in [1.807, 2.05) is 39.0 Å². The van der Waals surface area contributed by atoms with Crippen molar-refractivity contribution in [1.29, 1.82) is 0 Å². The maximum absolute atomic E-state index is 12.0. The van der Waals surface area contributed by atoms with Gasteiger partial charge in [0.25, 0.3) is 5.91 Å². The van der Waals surface area contributed by atoms with Crippen LogP contribution in [0.2, 0.25) is 0 Å². The van der Waals surface area contributed by atoms with Crippen LogP contribution in [0.15, 0.2) is 29.3 Å². The van der Waals surface area contributed by atoms with Crippen molar-refractivity contribution in [3.05, 3.63) is 35.4 Å². The number of alkyl carbamates (subject to hydrolysis) is 1. The Hall–Kier alpha value is -2.37. The van der Waals surface area contributed by atoms with Crippen LogP contribution in [0.3, 0.4) is 0 Å². The SMILES string of the molecule is CC.Cc1cccc(C(N)=NC(=O)C(C)NC(=O)OC(C)(C)C)c1. The van der Waals surface area contributed by atoms with Gasteiger partial charge in [-0.3, -0.25) is 4.79 Å².